The van der Waals surface area contributed by atoms with E-state index in [4.69, 9.17) is 4.74 Å². The minimum atomic E-state index is -0.634. The maximum atomic E-state index is 12.1. The van der Waals surface area contributed by atoms with E-state index in [1.54, 1.807) is 36.4 Å². The average Bonchev–Trinajstić information content (AvgIpc) is 2.68. The van der Waals surface area contributed by atoms with Gasteiger partial charge >= 0.3 is 6.03 Å². The number of nitrogens with one attached hydrogen (secondary N) is 1. The summed E-state index contributed by atoms with van der Waals surface area (Å²) in [6.07, 6.45) is 0. The highest BCUT2D eigenvalue weighted by Crippen LogP contribution is 2.22. The van der Waals surface area contributed by atoms with E-state index in [1.165, 1.54) is 0 Å². The maximum absolute atomic E-state index is 12.1. The Hall–Kier alpha value is -2.67. The summed E-state index contributed by atoms with van der Waals surface area (Å²) in [6, 6.07) is 15.7. The quantitative estimate of drug-likeness (QED) is 0.729. The fraction of sp³-hybridized carbons (Fsp3) is 0.263. The van der Waals surface area contributed by atoms with Crippen molar-refractivity contribution in [2.24, 2.45) is 0 Å². The number of nitrogens with zero attached hydrogens (tertiary/aromatic N) is 2. The Labute approximate surface area is 159 Å². The van der Waals surface area contributed by atoms with Crippen LogP contribution in [-0.2, 0) is 4.79 Å². The zero-order valence-electron chi connectivity index (χ0n) is 14.9. The lowest BCUT2D eigenvalue weighted by atomic mass is 10.2. The van der Waals surface area contributed by atoms with Crippen molar-refractivity contribution in [1.29, 1.82) is 0 Å². The van der Waals surface area contributed by atoms with E-state index in [9.17, 15) is 9.59 Å². The molecule has 0 aliphatic heterocycles. The first-order valence-corrected chi connectivity index (χ1v) is 8.80. The summed E-state index contributed by atoms with van der Waals surface area (Å²) in [5.41, 5.74) is 1.63. The lowest BCUT2D eigenvalue weighted by Gasteiger charge is -2.22. The standard InChI is InChI=1S/C19H23N3O3S/c1-3-21(4-2)15-10-12-16(13-11-15)22(26)19(24)20-18(23)14-25-17-8-6-5-7-9-17/h5-13,26H,3-4,14H2,1-2H3,(H,20,23,24). The Balaban J connectivity index is 1.89. The first kappa shape index (κ1) is 19.7. The Bertz CT molecular complexity index is 719. The van der Waals surface area contributed by atoms with Crippen LogP contribution in [0, 0.1) is 0 Å². The van der Waals surface area contributed by atoms with Crippen LogP contribution < -0.4 is 19.3 Å². The second kappa shape index (κ2) is 9.72. The molecule has 0 heterocycles. The van der Waals surface area contributed by atoms with Crippen molar-refractivity contribution in [2.45, 2.75) is 13.8 Å². The normalized spacial score (nSPS) is 10.1. The Morgan fingerprint density at radius 1 is 0.962 bits per heavy atom. The number of hydrogen-bond acceptors (Lipinski definition) is 5. The third-order valence-electron chi connectivity index (χ3n) is 3.77. The molecule has 0 atom stereocenters. The topological polar surface area (TPSA) is 61.9 Å². The average molecular weight is 373 g/mol. The highest BCUT2D eigenvalue weighted by atomic mass is 32.1. The smallest absolute Gasteiger partial charge is 0.338 e. The molecule has 0 bridgehead atoms. The van der Waals surface area contributed by atoms with Gasteiger partial charge in [-0.2, -0.15) is 0 Å². The zero-order chi connectivity index (χ0) is 18.9. The summed E-state index contributed by atoms with van der Waals surface area (Å²) >= 11 is 4.17. The fourth-order valence-corrected chi connectivity index (χ4v) is 2.57. The van der Waals surface area contributed by atoms with Crippen molar-refractivity contribution in [3.05, 3.63) is 54.6 Å². The lowest BCUT2D eigenvalue weighted by Crippen LogP contribution is -2.40. The number of anilines is 2. The van der Waals surface area contributed by atoms with Gasteiger partial charge in [0.15, 0.2) is 6.61 Å². The van der Waals surface area contributed by atoms with Gasteiger partial charge in [-0.15, -0.1) is 0 Å². The molecule has 6 nitrogen and oxygen atoms in total. The van der Waals surface area contributed by atoms with Gasteiger partial charge in [-0.1, -0.05) is 31.0 Å². The molecule has 2 aromatic rings. The van der Waals surface area contributed by atoms with Gasteiger partial charge in [-0.25, -0.2) is 9.10 Å². The Morgan fingerprint density at radius 2 is 1.54 bits per heavy atom. The molecule has 138 valence electrons. The number of benzene rings is 2. The van der Waals surface area contributed by atoms with Gasteiger partial charge in [0.1, 0.15) is 5.75 Å². The van der Waals surface area contributed by atoms with Crippen LogP contribution in [0.15, 0.2) is 54.6 Å². The van der Waals surface area contributed by atoms with Crippen molar-refractivity contribution in [2.75, 3.05) is 28.9 Å². The van der Waals surface area contributed by atoms with Crippen LogP contribution in [0.1, 0.15) is 13.8 Å². The third-order valence-corrected chi connectivity index (χ3v) is 4.19. The molecule has 0 unspecified atom stereocenters. The highest BCUT2D eigenvalue weighted by Gasteiger charge is 2.16. The predicted octanol–water partition coefficient (Wildman–Crippen LogP) is 3.50. The number of urea groups is 1. The molecule has 2 aromatic carbocycles. The van der Waals surface area contributed by atoms with Crippen molar-refractivity contribution in [1.82, 2.24) is 5.32 Å². The van der Waals surface area contributed by atoms with Gasteiger partial charge in [0.05, 0.1) is 5.69 Å². The number of carbonyl (C=O) groups is 2. The van der Waals surface area contributed by atoms with Gasteiger partial charge in [-0.3, -0.25) is 10.1 Å². The molecule has 0 saturated heterocycles. The number of thiol groups is 1. The Kier molecular flexibility index (Phi) is 7.35. The molecule has 7 heteroatoms. The van der Waals surface area contributed by atoms with Crippen LogP contribution in [0.4, 0.5) is 16.2 Å². The summed E-state index contributed by atoms with van der Waals surface area (Å²) in [6.45, 7) is 5.71. The highest BCUT2D eigenvalue weighted by molar-refractivity contribution is 7.82. The molecule has 1 N–H and O–H groups in total. The molecule has 0 aliphatic rings. The van der Waals surface area contributed by atoms with Crippen LogP contribution in [-0.4, -0.2) is 31.6 Å². The number of rotatable bonds is 7. The Morgan fingerprint density at radius 3 is 2.12 bits per heavy atom. The van der Waals surface area contributed by atoms with Crippen molar-refractivity contribution < 1.29 is 14.3 Å². The molecule has 0 radical (unpaired) electrons. The van der Waals surface area contributed by atoms with Gasteiger partial charge < -0.3 is 9.64 Å². The molecular weight excluding hydrogens is 350 g/mol. The molecule has 0 fully saturated rings. The zero-order valence-corrected chi connectivity index (χ0v) is 15.8. The second-order valence-corrected chi connectivity index (χ2v) is 5.86. The second-order valence-electron chi connectivity index (χ2n) is 5.46. The molecule has 26 heavy (non-hydrogen) atoms. The van der Waals surface area contributed by atoms with Crippen LogP contribution in [0.5, 0.6) is 5.75 Å². The molecular formula is C19H23N3O3S. The van der Waals surface area contributed by atoms with E-state index in [-0.39, 0.29) is 6.61 Å². The summed E-state index contributed by atoms with van der Waals surface area (Å²) in [7, 11) is 0. The number of carbonyl (C=O) groups excluding carboxylic acids is 2. The van der Waals surface area contributed by atoms with Crippen molar-refractivity contribution in [3.8, 4) is 5.75 Å². The van der Waals surface area contributed by atoms with E-state index in [1.807, 2.05) is 18.2 Å². The number of ether oxygens (including phenoxy) is 1. The number of para-hydroxylation sites is 1. The summed E-state index contributed by atoms with van der Waals surface area (Å²) < 4.78 is 6.40. The molecule has 0 aromatic heterocycles. The molecule has 2 rings (SSSR count). The molecule has 3 amide bonds. The van der Waals surface area contributed by atoms with Crippen molar-refractivity contribution in [3.63, 3.8) is 0 Å². The van der Waals surface area contributed by atoms with Crippen LogP contribution >= 0.6 is 12.8 Å². The molecule has 0 saturated carbocycles. The van der Waals surface area contributed by atoms with Gasteiger partial charge in [0.2, 0.25) is 0 Å². The van der Waals surface area contributed by atoms with Crippen molar-refractivity contribution >= 4 is 36.1 Å². The van der Waals surface area contributed by atoms with Gasteiger partial charge in [0.25, 0.3) is 5.91 Å². The third kappa shape index (κ3) is 5.42. The first-order chi connectivity index (χ1) is 12.5. The first-order valence-electron chi connectivity index (χ1n) is 8.40. The van der Waals surface area contributed by atoms with E-state index in [2.05, 4.69) is 36.9 Å². The van der Waals surface area contributed by atoms with E-state index in [0.717, 1.165) is 23.1 Å². The maximum Gasteiger partial charge on any atom is 0.338 e. The predicted molar refractivity (Wildman–Crippen MR) is 107 cm³/mol. The van der Waals surface area contributed by atoms with Gasteiger partial charge in [-0.05, 0) is 50.2 Å². The minimum Gasteiger partial charge on any atom is -0.484 e. The fourth-order valence-electron chi connectivity index (χ4n) is 2.38. The number of hydrogen-bond donors (Lipinski definition) is 2. The molecule has 0 spiro atoms. The summed E-state index contributed by atoms with van der Waals surface area (Å²) in [5, 5.41) is 2.24. The van der Waals surface area contributed by atoms with Gasteiger partial charge in [0, 0.05) is 18.8 Å². The summed E-state index contributed by atoms with van der Waals surface area (Å²) in [5.74, 6) is 0.0162. The van der Waals surface area contributed by atoms with E-state index < -0.39 is 11.9 Å². The van der Waals surface area contributed by atoms with Crippen LogP contribution in [0.2, 0.25) is 0 Å². The van der Waals surface area contributed by atoms with E-state index >= 15 is 0 Å². The monoisotopic (exact) mass is 373 g/mol. The minimum absolute atomic E-state index is 0.252. The summed E-state index contributed by atoms with van der Waals surface area (Å²) in [4.78, 5) is 26.2. The van der Waals surface area contributed by atoms with Crippen LogP contribution in [0.3, 0.4) is 0 Å². The SMILES string of the molecule is CCN(CC)c1ccc(N(S)C(=O)NC(=O)COc2ccccc2)cc1. The number of amides is 3. The molecule has 0 aliphatic carbocycles. The number of imide groups is 1. The van der Waals surface area contributed by atoms with E-state index in [0.29, 0.717) is 11.4 Å². The van der Waals surface area contributed by atoms with Crippen LogP contribution in [0.25, 0.3) is 0 Å². The largest absolute Gasteiger partial charge is 0.484 e. The lowest BCUT2D eigenvalue weighted by molar-refractivity contribution is -0.121.